The van der Waals surface area contributed by atoms with Crippen LogP contribution in [0, 0.1) is 6.92 Å². The second-order valence-corrected chi connectivity index (χ2v) is 7.49. The van der Waals surface area contributed by atoms with Crippen LogP contribution in [0.15, 0.2) is 5.16 Å². The average Bonchev–Trinajstić information content (AvgIpc) is 3.28. The molecule has 1 N–H and O–H groups in total. The third-order valence-electron chi connectivity index (χ3n) is 5.62. The van der Waals surface area contributed by atoms with E-state index >= 15 is 0 Å². The quantitative estimate of drug-likeness (QED) is 0.750. The number of aryl methyl sites for hydroxylation is 1. The van der Waals surface area contributed by atoms with E-state index in [9.17, 15) is 14.4 Å². The first-order valence-corrected chi connectivity index (χ1v) is 9.78. The van der Waals surface area contributed by atoms with E-state index in [0.717, 1.165) is 6.42 Å². The largest absolute Gasteiger partial charge is 0.465 e. The van der Waals surface area contributed by atoms with Crippen LogP contribution in [0.5, 0.6) is 0 Å². The second kappa shape index (κ2) is 8.26. The van der Waals surface area contributed by atoms with Gasteiger partial charge in [0.05, 0.1) is 19.8 Å². The molecule has 29 heavy (non-hydrogen) atoms. The highest BCUT2D eigenvalue weighted by Gasteiger charge is 2.45. The molecule has 1 aromatic rings. The van der Waals surface area contributed by atoms with Gasteiger partial charge in [0, 0.05) is 38.0 Å². The van der Waals surface area contributed by atoms with Gasteiger partial charge in [-0.2, -0.15) is 0 Å². The Hall–Kier alpha value is -2.84. The number of likely N-dealkylation sites (tertiary alicyclic amines) is 1. The zero-order chi connectivity index (χ0) is 21.2. The molecular weight excluding hydrogens is 378 g/mol. The molecule has 158 valence electrons. The summed E-state index contributed by atoms with van der Waals surface area (Å²) in [7, 11) is 2.65. The number of hydrogen-bond acceptors (Lipinski definition) is 7. The van der Waals surface area contributed by atoms with Crippen molar-refractivity contribution in [2.75, 3.05) is 27.3 Å². The molecule has 3 rings (SSSR count). The summed E-state index contributed by atoms with van der Waals surface area (Å²) in [5.41, 5.74) is 1.94. The molecule has 1 saturated heterocycles. The number of nitrogens with one attached hydrogen (secondary N) is 1. The molecule has 0 aromatic carbocycles. The summed E-state index contributed by atoms with van der Waals surface area (Å²) in [5.74, 6) is -1.07. The van der Waals surface area contributed by atoms with Crippen molar-refractivity contribution >= 4 is 23.6 Å². The fraction of sp³-hybridized carbons (Fsp3) is 0.600. The Morgan fingerprint density at radius 3 is 2.41 bits per heavy atom. The summed E-state index contributed by atoms with van der Waals surface area (Å²) < 4.78 is 9.60. The maximum absolute atomic E-state index is 13.2. The number of H-pyrrole nitrogens is 1. The van der Waals surface area contributed by atoms with Crippen LogP contribution in [-0.4, -0.2) is 66.4 Å². The van der Waals surface area contributed by atoms with Crippen LogP contribution in [0.1, 0.15) is 64.7 Å². The monoisotopic (exact) mass is 405 g/mol. The van der Waals surface area contributed by atoms with E-state index in [2.05, 4.69) is 10.1 Å². The summed E-state index contributed by atoms with van der Waals surface area (Å²) in [4.78, 5) is 47.5. The van der Waals surface area contributed by atoms with Crippen molar-refractivity contribution < 1.29 is 28.7 Å². The lowest BCUT2D eigenvalue weighted by atomic mass is 9.86. The Morgan fingerprint density at radius 1 is 1.17 bits per heavy atom. The summed E-state index contributed by atoms with van der Waals surface area (Å²) >= 11 is 0. The van der Waals surface area contributed by atoms with E-state index in [4.69, 9.17) is 14.3 Å². The standard InChI is InChI=1S/C20H27N3O6/c1-5-6-13-15(19(26)28-4)12(2)21-16(13)17(24)23-9-7-20(8-10-23)11-14(22-29-20)18(25)27-3/h21H,5-11H2,1-4H3. The van der Waals surface area contributed by atoms with Crippen LogP contribution >= 0.6 is 0 Å². The number of esters is 2. The van der Waals surface area contributed by atoms with Crippen LogP contribution in [0.3, 0.4) is 0 Å². The summed E-state index contributed by atoms with van der Waals surface area (Å²) in [6, 6.07) is 0. The molecule has 3 heterocycles. The van der Waals surface area contributed by atoms with Crippen LogP contribution < -0.4 is 0 Å². The molecule has 0 bridgehead atoms. The number of carbonyl (C=O) groups is 3. The van der Waals surface area contributed by atoms with Crippen molar-refractivity contribution in [2.45, 2.75) is 51.6 Å². The van der Waals surface area contributed by atoms with Crippen molar-refractivity contribution in [3.05, 3.63) is 22.5 Å². The van der Waals surface area contributed by atoms with Crippen molar-refractivity contribution in [2.24, 2.45) is 5.16 Å². The normalized spacial score (nSPS) is 17.7. The number of methoxy groups -OCH3 is 2. The number of ether oxygens (including phenoxy) is 2. The highest BCUT2D eigenvalue weighted by Crippen LogP contribution is 2.35. The summed E-state index contributed by atoms with van der Waals surface area (Å²) in [5, 5.41) is 3.87. The highest BCUT2D eigenvalue weighted by atomic mass is 16.7. The molecule has 1 fully saturated rings. The molecule has 2 aliphatic rings. The van der Waals surface area contributed by atoms with Crippen LogP contribution in [-0.2, 0) is 25.5 Å². The predicted molar refractivity (Wildman–Crippen MR) is 104 cm³/mol. The fourth-order valence-corrected chi connectivity index (χ4v) is 4.03. The molecule has 2 aliphatic heterocycles. The van der Waals surface area contributed by atoms with Gasteiger partial charge in [0.25, 0.3) is 5.91 Å². The van der Waals surface area contributed by atoms with Gasteiger partial charge < -0.3 is 24.2 Å². The van der Waals surface area contributed by atoms with Gasteiger partial charge in [-0.1, -0.05) is 18.5 Å². The van der Waals surface area contributed by atoms with Crippen molar-refractivity contribution in [1.82, 2.24) is 9.88 Å². The first kappa shape index (κ1) is 20.9. The molecule has 9 nitrogen and oxygen atoms in total. The lowest BCUT2D eigenvalue weighted by Crippen LogP contribution is -2.47. The molecule has 1 spiro atoms. The lowest BCUT2D eigenvalue weighted by Gasteiger charge is -2.37. The lowest BCUT2D eigenvalue weighted by molar-refractivity contribution is -0.132. The third kappa shape index (κ3) is 3.86. The van der Waals surface area contributed by atoms with Gasteiger partial charge in [-0.3, -0.25) is 4.79 Å². The summed E-state index contributed by atoms with van der Waals surface area (Å²) in [6.45, 7) is 4.71. The van der Waals surface area contributed by atoms with Gasteiger partial charge >= 0.3 is 11.9 Å². The highest BCUT2D eigenvalue weighted by molar-refractivity contribution is 6.36. The Balaban J connectivity index is 1.73. The van der Waals surface area contributed by atoms with E-state index in [1.165, 1.54) is 14.2 Å². The number of rotatable bonds is 5. The maximum atomic E-state index is 13.2. The molecule has 9 heteroatoms. The molecular formula is C20H27N3O6. The SMILES string of the molecule is CCCc1c(C(=O)N2CCC3(CC2)CC(C(=O)OC)=NO3)[nH]c(C)c1C(=O)OC. The zero-order valence-corrected chi connectivity index (χ0v) is 17.3. The maximum Gasteiger partial charge on any atom is 0.355 e. The van der Waals surface area contributed by atoms with E-state index in [1.54, 1.807) is 11.8 Å². The molecule has 0 radical (unpaired) electrons. The van der Waals surface area contributed by atoms with Gasteiger partial charge in [0.2, 0.25) is 0 Å². The smallest absolute Gasteiger partial charge is 0.355 e. The van der Waals surface area contributed by atoms with Crippen LogP contribution in [0.4, 0.5) is 0 Å². The Bertz CT molecular complexity index is 849. The number of piperidine rings is 1. The number of nitrogens with zero attached hydrogens (tertiary/aromatic N) is 2. The van der Waals surface area contributed by atoms with E-state index in [-0.39, 0.29) is 11.6 Å². The van der Waals surface area contributed by atoms with Crippen molar-refractivity contribution in [3.8, 4) is 0 Å². The number of carbonyl (C=O) groups excluding carboxylic acids is 3. The average molecular weight is 405 g/mol. The Kier molecular flexibility index (Phi) is 5.95. The number of amides is 1. The molecule has 1 aromatic heterocycles. The van der Waals surface area contributed by atoms with Crippen molar-refractivity contribution in [1.29, 1.82) is 0 Å². The molecule has 0 aliphatic carbocycles. The second-order valence-electron chi connectivity index (χ2n) is 7.49. The summed E-state index contributed by atoms with van der Waals surface area (Å²) in [6.07, 6.45) is 2.92. The number of aromatic amines is 1. The number of aromatic nitrogens is 1. The minimum Gasteiger partial charge on any atom is -0.465 e. The van der Waals surface area contributed by atoms with Crippen LogP contribution in [0.25, 0.3) is 0 Å². The number of hydrogen-bond donors (Lipinski definition) is 1. The first-order chi connectivity index (χ1) is 13.9. The molecule has 0 saturated carbocycles. The van der Waals surface area contributed by atoms with Gasteiger partial charge in [0.1, 0.15) is 11.3 Å². The van der Waals surface area contributed by atoms with E-state index < -0.39 is 17.5 Å². The first-order valence-electron chi connectivity index (χ1n) is 9.78. The van der Waals surface area contributed by atoms with E-state index in [1.807, 2.05) is 6.92 Å². The van der Waals surface area contributed by atoms with Gasteiger partial charge in [0.15, 0.2) is 5.71 Å². The molecule has 0 atom stereocenters. The van der Waals surface area contributed by atoms with Crippen LogP contribution in [0.2, 0.25) is 0 Å². The Labute approximate surface area is 169 Å². The molecule has 1 amide bonds. The zero-order valence-electron chi connectivity index (χ0n) is 17.3. The predicted octanol–water partition coefficient (Wildman–Crippen LogP) is 1.99. The molecule has 0 unspecified atom stereocenters. The Morgan fingerprint density at radius 2 is 1.83 bits per heavy atom. The topological polar surface area (TPSA) is 110 Å². The van der Waals surface area contributed by atoms with Gasteiger partial charge in [-0.25, -0.2) is 9.59 Å². The number of oxime groups is 1. The van der Waals surface area contributed by atoms with Gasteiger partial charge in [-0.05, 0) is 18.9 Å². The van der Waals surface area contributed by atoms with Crippen molar-refractivity contribution in [3.63, 3.8) is 0 Å². The van der Waals surface area contributed by atoms with Gasteiger partial charge in [-0.15, -0.1) is 0 Å². The van der Waals surface area contributed by atoms with E-state index in [0.29, 0.717) is 61.3 Å². The minimum absolute atomic E-state index is 0.145. The third-order valence-corrected chi connectivity index (χ3v) is 5.62. The minimum atomic E-state index is -0.560. The fourth-order valence-electron chi connectivity index (χ4n) is 4.03.